The molecule has 20 heavy (non-hydrogen) atoms. The molecular weight excluding hydrogens is 318 g/mol. The van der Waals surface area contributed by atoms with Crippen molar-refractivity contribution in [1.82, 2.24) is 5.32 Å². The Morgan fingerprint density at radius 3 is 2.75 bits per heavy atom. The van der Waals surface area contributed by atoms with Crippen LogP contribution in [0.25, 0.3) is 0 Å². The van der Waals surface area contributed by atoms with Crippen LogP contribution in [0.4, 0.5) is 0 Å². The van der Waals surface area contributed by atoms with Gasteiger partial charge in [-0.3, -0.25) is 4.79 Å². The zero-order valence-corrected chi connectivity index (χ0v) is 13.6. The van der Waals surface area contributed by atoms with Crippen molar-refractivity contribution in [2.45, 2.75) is 45.1 Å². The van der Waals surface area contributed by atoms with Crippen LogP contribution in [-0.2, 0) is 4.79 Å². The Kier molecular flexibility index (Phi) is 4.86. The van der Waals surface area contributed by atoms with Crippen LogP contribution in [0.1, 0.15) is 44.6 Å². The molecule has 4 heteroatoms. The third-order valence-electron chi connectivity index (χ3n) is 4.22. The number of benzene rings is 1. The van der Waals surface area contributed by atoms with Gasteiger partial charge in [0.15, 0.2) is 0 Å². The maximum Gasteiger partial charge on any atom is 0.309 e. The monoisotopic (exact) mass is 339 g/mol. The minimum absolute atomic E-state index is 0.531. The Balaban J connectivity index is 1.71. The highest BCUT2D eigenvalue weighted by molar-refractivity contribution is 9.10. The Morgan fingerprint density at radius 1 is 1.45 bits per heavy atom. The zero-order valence-electron chi connectivity index (χ0n) is 12.0. The molecule has 0 radical (unpaired) electrons. The highest BCUT2D eigenvalue weighted by Gasteiger charge is 2.31. The molecule has 0 bridgehead atoms. The van der Waals surface area contributed by atoms with E-state index in [4.69, 9.17) is 5.11 Å². The first-order chi connectivity index (χ1) is 9.38. The quantitative estimate of drug-likeness (QED) is 0.828. The topological polar surface area (TPSA) is 49.3 Å². The van der Waals surface area contributed by atoms with E-state index in [1.54, 1.807) is 13.8 Å². The second kappa shape index (κ2) is 6.27. The SMILES string of the molecule is CC(C)(CCNC1CC(c2cccc(Br)c2)C1)C(=O)O. The summed E-state index contributed by atoms with van der Waals surface area (Å²) in [5.74, 6) is -0.0857. The molecule has 0 amide bonds. The van der Waals surface area contributed by atoms with Gasteiger partial charge in [0.2, 0.25) is 0 Å². The fourth-order valence-corrected chi connectivity index (χ4v) is 2.93. The van der Waals surface area contributed by atoms with Gasteiger partial charge in [-0.1, -0.05) is 28.1 Å². The molecule has 1 aliphatic carbocycles. The van der Waals surface area contributed by atoms with E-state index in [-0.39, 0.29) is 0 Å². The summed E-state index contributed by atoms with van der Waals surface area (Å²) in [7, 11) is 0. The van der Waals surface area contributed by atoms with E-state index in [1.807, 2.05) is 6.07 Å². The van der Waals surface area contributed by atoms with Crippen LogP contribution in [0.2, 0.25) is 0 Å². The summed E-state index contributed by atoms with van der Waals surface area (Å²) in [6.45, 7) is 4.33. The Hall–Kier alpha value is -0.870. The van der Waals surface area contributed by atoms with Crippen LogP contribution in [0, 0.1) is 5.41 Å². The maximum absolute atomic E-state index is 11.0. The van der Waals surface area contributed by atoms with Gasteiger partial charge >= 0.3 is 5.97 Å². The van der Waals surface area contributed by atoms with Crippen LogP contribution in [0.5, 0.6) is 0 Å². The van der Waals surface area contributed by atoms with Crippen molar-refractivity contribution in [3.63, 3.8) is 0 Å². The molecule has 1 aromatic rings. The van der Waals surface area contributed by atoms with Gasteiger partial charge in [0, 0.05) is 10.5 Å². The van der Waals surface area contributed by atoms with Gasteiger partial charge in [0.25, 0.3) is 0 Å². The Labute approximate surface area is 128 Å². The molecule has 0 heterocycles. The molecule has 1 aromatic carbocycles. The van der Waals surface area contributed by atoms with Crippen LogP contribution in [0.15, 0.2) is 28.7 Å². The summed E-state index contributed by atoms with van der Waals surface area (Å²) in [6, 6.07) is 9.03. The van der Waals surface area contributed by atoms with Gasteiger partial charge in [-0.05, 0) is 63.3 Å². The molecular formula is C16H22BrNO2. The molecule has 1 aliphatic rings. The fourth-order valence-electron chi connectivity index (χ4n) is 2.51. The molecule has 1 saturated carbocycles. The smallest absolute Gasteiger partial charge is 0.309 e. The molecule has 0 saturated heterocycles. The van der Waals surface area contributed by atoms with Crippen LogP contribution >= 0.6 is 15.9 Å². The number of carboxylic acids is 1. The lowest BCUT2D eigenvalue weighted by Gasteiger charge is -2.37. The van der Waals surface area contributed by atoms with Crippen molar-refractivity contribution >= 4 is 21.9 Å². The number of halogens is 1. The standard InChI is InChI=1S/C16H22BrNO2/c1-16(2,15(19)20)6-7-18-14-9-12(10-14)11-4-3-5-13(17)8-11/h3-5,8,12,14,18H,6-7,9-10H2,1-2H3,(H,19,20). The van der Waals surface area contributed by atoms with E-state index in [2.05, 4.69) is 39.4 Å². The largest absolute Gasteiger partial charge is 0.481 e. The van der Waals surface area contributed by atoms with Crippen LogP contribution in [0.3, 0.4) is 0 Å². The summed E-state index contributed by atoms with van der Waals surface area (Å²) in [4.78, 5) is 11.0. The average Bonchev–Trinajstić information content (AvgIpc) is 2.31. The van der Waals surface area contributed by atoms with Crippen molar-refractivity contribution in [2.24, 2.45) is 5.41 Å². The van der Waals surface area contributed by atoms with E-state index in [0.29, 0.717) is 18.4 Å². The number of rotatable bonds is 6. The molecule has 0 aromatic heterocycles. The van der Waals surface area contributed by atoms with Crippen molar-refractivity contribution < 1.29 is 9.90 Å². The molecule has 2 N–H and O–H groups in total. The minimum Gasteiger partial charge on any atom is -0.481 e. The molecule has 2 rings (SSSR count). The summed E-state index contributed by atoms with van der Waals surface area (Å²) < 4.78 is 1.13. The van der Waals surface area contributed by atoms with Crippen LogP contribution < -0.4 is 5.32 Å². The van der Waals surface area contributed by atoms with Gasteiger partial charge in [0.1, 0.15) is 0 Å². The van der Waals surface area contributed by atoms with Gasteiger partial charge in [-0.15, -0.1) is 0 Å². The fraction of sp³-hybridized carbons (Fsp3) is 0.562. The highest BCUT2D eigenvalue weighted by Crippen LogP contribution is 2.37. The molecule has 3 nitrogen and oxygen atoms in total. The van der Waals surface area contributed by atoms with E-state index < -0.39 is 11.4 Å². The lowest BCUT2D eigenvalue weighted by atomic mass is 9.75. The van der Waals surface area contributed by atoms with E-state index in [9.17, 15) is 4.79 Å². The lowest BCUT2D eigenvalue weighted by Crippen LogP contribution is -2.42. The third-order valence-corrected chi connectivity index (χ3v) is 4.71. The van der Waals surface area contributed by atoms with Crippen LogP contribution in [-0.4, -0.2) is 23.7 Å². The molecule has 0 unspecified atom stereocenters. The van der Waals surface area contributed by atoms with Gasteiger partial charge < -0.3 is 10.4 Å². The molecule has 1 fully saturated rings. The summed E-state index contributed by atoms with van der Waals surface area (Å²) in [5, 5.41) is 12.5. The molecule has 0 atom stereocenters. The average molecular weight is 340 g/mol. The zero-order chi connectivity index (χ0) is 14.8. The molecule has 110 valence electrons. The normalized spacial score (nSPS) is 22.4. The number of aliphatic carboxylic acids is 1. The van der Waals surface area contributed by atoms with E-state index >= 15 is 0 Å². The number of carboxylic acid groups (broad SMARTS) is 1. The van der Waals surface area contributed by atoms with Gasteiger partial charge in [-0.25, -0.2) is 0 Å². The minimum atomic E-state index is -0.722. The van der Waals surface area contributed by atoms with Crippen molar-refractivity contribution in [1.29, 1.82) is 0 Å². The van der Waals surface area contributed by atoms with Gasteiger partial charge in [0.05, 0.1) is 5.41 Å². The number of carbonyl (C=O) groups is 1. The Bertz CT molecular complexity index is 481. The molecule has 0 aliphatic heterocycles. The first-order valence-electron chi connectivity index (χ1n) is 7.11. The van der Waals surface area contributed by atoms with Crippen molar-refractivity contribution in [3.8, 4) is 0 Å². The Morgan fingerprint density at radius 2 is 2.15 bits per heavy atom. The van der Waals surface area contributed by atoms with Crippen molar-refractivity contribution in [2.75, 3.05) is 6.54 Å². The summed E-state index contributed by atoms with van der Waals surface area (Å²) >= 11 is 3.50. The third kappa shape index (κ3) is 3.83. The molecule has 0 spiro atoms. The predicted molar refractivity (Wildman–Crippen MR) is 83.9 cm³/mol. The number of nitrogens with one attached hydrogen (secondary N) is 1. The van der Waals surface area contributed by atoms with E-state index in [0.717, 1.165) is 23.9 Å². The maximum atomic E-state index is 11.0. The van der Waals surface area contributed by atoms with Crippen molar-refractivity contribution in [3.05, 3.63) is 34.3 Å². The highest BCUT2D eigenvalue weighted by atomic mass is 79.9. The number of hydrogen-bond donors (Lipinski definition) is 2. The van der Waals surface area contributed by atoms with E-state index in [1.165, 1.54) is 5.56 Å². The second-order valence-corrected chi connectivity index (χ2v) is 7.23. The number of hydrogen-bond acceptors (Lipinski definition) is 2. The second-order valence-electron chi connectivity index (χ2n) is 6.31. The first kappa shape index (κ1) is 15.5. The first-order valence-corrected chi connectivity index (χ1v) is 7.90. The van der Waals surface area contributed by atoms with Gasteiger partial charge in [-0.2, -0.15) is 0 Å². The predicted octanol–water partition coefficient (Wildman–Crippen LogP) is 3.79. The summed E-state index contributed by atoms with van der Waals surface area (Å²) in [5.41, 5.74) is 0.753. The lowest BCUT2D eigenvalue weighted by molar-refractivity contribution is -0.147. The summed E-state index contributed by atoms with van der Waals surface area (Å²) in [6.07, 6.45) is 2.95.